The third-order valence-electron chi connectivity index (χ3n) is 5.58. The van der Waals surface area contributed by atoms with E-state index in [1.165, 1.54) is 12.4 Å². The lowest BCUT2D eigenvalue weighted by molar-refractivity contribution is 0.617. The Morgan fingerprint density at radius 2 is 2.07 bits per heavy atom. The van der Waals surface area contributed by atoms with E-state index in [1.807, 2.05) is 25.2 Å². The summed E-state index contributed by atoms with van der Waals surface area (Å²) < 4.78 is 16.0. The van der Waals surface area contributed by atoms with E-state index in [0.717, 1.165) is 30.7 Å². The SMILES string of the molecule is CNC1CCN(c2cc(Cl)c3c(Nc4cc(F)c5nn(C)cc5c4)ncnc3c2)C1. The number of hydrogen-bond acceptors (Lipinski definition) is 6. The van der Waals surface area contributed by atoms with Crippen LogP contribution in [0.3, 0.4) is 0 Å². The van der Waals surface area contributed by atoms with Crippen LogP contribution in [0, 0.1) is 5.82 Å². The summed E-state index contributed by atoms with van der Waals surface area (Å²) in [7, 11) is 3.75. The quantitative estimate of drug-likeness (QED) is 0.517. The minimum atomic E-state index is -0.393. The van der Waals surface area contributed by atoms with Crippen LogP contribution in [0.4, 0.5) is 21.6 Å². The standard InChI is InChI=1S/C21H21ClFN7/c1-24-13-3-4-30(10-13)15-7-16(22)19-18(8-15)25-11-26-21(19)27-14-5-12-9-29(2)28-20(12)17(23)6-14/h5-9,11,13,24H,3-4,10H2,1-2H3,(H,25,26,27). The number of aromatic nitrogens is 4. The molecule has 0 saturated carbocycles. The van der Waals surface area contributed by atoms with Crippen LogP contribution in [0.15, 0.2) is 36.8 Å². The second-order valence-corrected chi connectivity index (χ2v) is 8.00. The second kappa shape index (κ2) is 7.37. The van der Waals surface area contributed by atoms with E-state index in [9.17, 15) is 4.39 Å². The van der Waals surface area contributed by atoms with Crippen molar-refractivity contribution in [3.63, 3.8) is 0 Å². The van der Waals surface area contributed by atoms with E-state index >= 15 is 0 Å². The zero-order chi connectivity index (χ0) is 20.8. The fourth-order valence-electron chi connectivity index (χ4n) is 4.06. The third kappa shape index (κ3) is 3.32. The maximum Gasteiger partial charge on any atom is 0.153 e. The van der Waals surface area contributed by atoms with Gasteiger partial charge in [0.2, 0.25) is 0 Å². The summed E-state index contributed by atoms with van der Waals surface area (Å²) in [6.07, 6.45) is 4.35. The van der Waals surface area contributed by atoms with Gasteiger partial charge in [-0.2, -0.15) is 5.10 Å². The van der Waals surface area contributed by atoms with Crippen LogP contribution in [-0.2, 0) is 7.05 Å². The van der Waals surface area contributed by atoms with Gasteiger partial charge in [0.25, 0.3) is 0 Å². The molecule has 1 aliphatic rings. The van der Waals surface area contributed by atoms with Crippen LogP contribution in [0.25, 0.3) is 21.8 Å². The molecule has 5 rings (SSSR count). The molecule has 30 heavy (non-hydrogen) atoms. The lowest BCUT2D eigenvalue weighted by Gasteiger charge is -2.20. The molecule has 1 aliphatic heterocycles. The molecule has 0 bridgehead atoms. The predicted octanol–water partition coefficient (Wildman–Crippen LogP) is 3.85. The van der Waals surface area contributed by atoms with Crippen LogP contribution < -0.4 is 15.5 Å². The lowest BCUT2D eigenvalue weighted by Crippen LogP contribution is -2.29. The summed E-state index contributed by atoms with van der Waals surface area (Å²) in [5.74, 6) is 0.143. The van der Waals surface area contributed by atoms with Gasteiger partial charge in [0, 0.05) is 49.1 Å². The molecule has 0 spiro atoms. The summed E-state index contributed by atoms with van der Waals surface area (Å²) in [5, 5.41) is 12.6. The lowest BCUT2D eigenvalue weighted by atomic mass is 10.2. The van der Waals surface area contributed by atoms with E-state index in [1.54, 1.807) is 17.9 Å². The summed E-state index contributed by atoms with van der Waals surface area (Å²) in [6.45, 7) is 1.90. The highest BCUT2D eigenvalue weighted by atomic mass is 35.5. The van der Waals surface area contributed by atoms with Crippen molar-refractivity contribution >= 4 is 50.6 Å². The molecule has 2 N–H and O–H groups in total. The number of aryl methyl sites for hydroxylation is 1. The van der Waals surface area contributed by atoms with Crippen molar-refractivity contribution in [2.24, 2.45) is 7.05 Å². The van der Waals surface area contributed by atoms with Gasteiger partial charge >= 0.3 is 0 Å². The molecular formula is C21H21ClFN7. The van der Waals surface area contributed by atoms with Crippen LogP contribution >= 0.6 is 11.6 Å². The normalized spacial score (nSPS) is 16.7. The minimum Gasteiger partial charge on any atom is -0.370 e. The Hall–Kier alpha value is -2.97. The van der Waals surface area contributed by atoms with E-state index < -0.39 is 5.82 Å². The molecule has 0 amide bonds. The van der Waals surface area contributed by atoms with E-state index in [-0.39, 0.29) is 0 Å². The highest BCUT2D eigenvalue weighted by Gasteiger charge is 2.22. The number of halogens is 2. The van der Waals surface area contributed by atoms with E-state index in [0.29, 0.717) is 38.9 Å². The molecule has 1 saturated heterocycles. The fourth-order valence-corrected chi connectivity index (χ4v) is 4.35. The topological polar surface area (TPSA) is 70.9 Å². The molecule has 2 aromatic carbocycles. The molecular weight excluding hydrogens is 405 g/mol. The molecule has 7 nitrogen and oxygen atoms in total. The number of benzene rings is 2. The number of anilines is 3. The maximum atomic E-state index is 14.5. The van der Waals surface area contributed by atoms with Gasteiger partial charge in [-0.15, -0.1) is 0 Å². The number of nitrogens with zero attached hydrogens (tertiary/aromatic N) is 5. The predicted molar refractivity (Wildman–Crippen MR) is 118 cm³/mol. The molecule has 0 aliphatic carbocycles. The maximum absolute atomic E-state index is 14.5. The summed E-state index contributed by atoms with van der Waals surface area (Å²) in [6, 6.07) is 7.69. The van der Waals surface area contributed by atoms with Gasteiger partial charge in [-0.25, -0.2) is 14.4 Å². The van der Waals surface area contributed by atoms with E-state index in [2.05, 4.69) is 30.6 Å². The van der Waals surface area contributed by atoms with Crippen molar-refractivity contribution < 1.29 is 4.39 Å². The highest BCUT2D eigenvalue weighted by molar-refractivity contribution is 6.36. The Bertz CT molecular complexity index is 1260. The number of likely N-dealkylation sites (N-methyl/N-ethyl adjacent to an activating group) is 1. The van der Waals surface area contributed by atoms with E-state index in [4.69, 9.17) is 11.6 Å². The molecule has 2 aromatic heterocycles. The van der Waals surface area contributed by atoms with Gasteiger partial charge in [-0.1, -0.05) is 11.6 Å². The van der Waals surface area contributed by atoms with Crippen molar-refractivity contribution in [2.45, 2.75) is 12.5 Å². The number of nitrogens with one attached hydrogen (secondary N) is 2. The van der Waals surface area contributed by atoms with Crippen molar-refractivity contribution in [3.05, 3.63) is 47.6 Å². The molecule has 1 fully saturated rings. The van der Waals surface area contributed by atoms with Gasteiger partial charge in [-0.3, -0.25) is 4.68 Å². The van der Waals surface area contributed by atoms with Gasteiger partial charge in [0.15, 0.2) is 5.82 Å². The van der Waals surface area contributed by atoms with Crippen molar-refractivity contribution in [1.29, 1.82) is 0 Å². The zero-order valence-electron chi connectivity index (χ0n) is 16.7. The van der Waals surface area contributed by atoms with Gasteiger partial charge in [0.1, 0.15) is 17.7 Å². The van der Waals surface area contributed by atoms with Crippen LogP contribution in [0.1, 0.15) is 6.42 Å². The number of hydrogen-bond donors (Lipinski definition) is 2. The van der Waals surface area contributed by atoms with Gasteiger partial charge in [0.05, 0.1) is 15.9 Å². The minimum absolute atomic E-state index is 0.337. The smallest absolute Gasteiger partial charge is 0.153 e. The molecule has 154 valence electrons. The van der Waals surface area contributed by atoms with Crippen molar-refractivity contribution in [3.8, 4) is 0 Å². The Morgan fingerprint density at radius 3 is 2.87 bits per heavy atom. The summed E-state index contributed by atoms with van der Waals surface area (Å²) in [4.78, 5) is 11.1. The monoisotopic (exact) mass is 425 g/mol. The van der Waals surface area contributed by atoms with Crippen LogP contribution in [0.2, 0.25) is 5.02 Å². The van der Waals surface area contributed by atoms with Crippen molar-refractivity contribution in [1.82, 2.24) is 25.1 Å². The van der Waals surface area contributed by atoms with Crippen LogP contribution in [0.5, 0.6) is 0 Å². The average Bonchev–Trinajstić information content (AvgIpc) is 3.34. The highest BCUT2D eigenvalue weighted by Crippen LogP contribution is 2.35. The average molecular weight is 426 g/mol. The second-order valence-electron chi connectivity index (χ2n) is 7.59. The van der Waals surface area contributed by atoms with Gasteiger partial charge in [-0.05, 0) is 37.7 Å². The number of fused-ring (bicyclic) bond motifs is 2. The summed E-state index contributed by atoms with van der Waals surface area (Å²) in [5.41, 5.74) is 2.69. The molecule has 9 heteroatoms. The Labute approximate surface area is 177 Å². The van der Waals surface area contributed by atoms with Gasteiger partial charge < -0.3 is 15.5 Å². The summed E-state index contributed by atoms with van der Waals surface area (Å²) >= 11 is 6.66. The first-order chi connectivity index (χ1) is 14.5. The van der Waals surface area contributed by atoms with Crippen LogP contribution in [-0.4, -0.2) is 45.9 Å². The van der Waals surface area contributed by atoms with Crippen molar-refractivity contribution in [2.75, 3.05) is 30.4 Å². The Balaban J connectivity index is 1.52. The molecule has 3 heterocycles. The molecule has 0 radical (unpaired) electrons. The number of rotatable bonds is 4. The first-order valence-corrected chi connectivity index (χ1v) is 10.2. The Morgan fingerprint density at radius 1 is 1.20 bits per heavy atom. The largest absolute Gasteiger partial charge is 0.370 e. The first kappa shape index (κ1) is 19.0. The third-order valence-corrected chi connectivity index (χ3v) is 5.87. The zero-order valence-corrected chi connectivity index (χ0v) is 17.4. The fraction of sp³-hybridized carbons (Fsp3) is 0.286. The first-order valence-electron chi connectivity index (χ1n) is 9.78. The molecule has 1 unspecified atom stereocenters. The Kier molecular flexibility index (Phi) is 4.67. The molecule has 1 atom stereocenters. The molecule has 4 aromatic rings.